The molecule has 13 aromatic rings. The molecule has 4 radical (unpaired) electrons. The van der Waals surface area contributed by atoms with Crippen LogP contribution < -0.4 is 8.85 Å². The van der Waals surface area contributed by atoms with E-state index >= 15 is 0 Å². The molecule has 0 heterocycles. The zero-order valence-electron chi connectivity index (χ0n) is 72.3. The molecule has 23 heteroatoms. The zero-order chi connectivity index (χ0) is 96.7. The van der Waals surface area contributed by atoms with E-state index in [-0.39, 0.29) is 0 Å². The monoisotopic (exact) mass is 1860 g/mol. The van der Waals surface area contributed by atoms with Gasteiger partial charge >= 0.3 is 0 Å². The lowest BCUT2D eigenvalue weighted by molar-refractivity contribution is 0.379. The normalized spacial score (nSPS) is 12.0. The van der Waals surface area contributed by atoms with Crippen molar-refractivity contribution >= 4 is 72.4 Å². The molecule has 0 saturated carbocycles. The van der Waals surface area contributed by atoms with E-state index in [4.69, 9.17) is 0 Å². The summed E-state index contributed by atoms with van der Waals surface area (Å²) in [6.07, 6.45) is 42.2. The van der Waals surface area contributed by atoms with Gasteiger partial charge in [-0.2, -0.15) is 0 Å². The summed E-state index contributed by atoms with van der Waals surface area (Å²) in [5.74, 6) is -38.3. The van der Waals surface area contributed by atoms with Crippen LogP contribution in [0.3, 0.4) is 0 Å². The van der Waals surface area contributed by atoms with Crippen molar-refractivity contribution in [1.29, 1.82) is 0 Å². The van der Waals surface area contributed by atoms with E-state index in [1.807, 2.05) is 0 Å². The average Bonchev–Trinajstić information content (AvgIpc) is 0.736. The molecule has 0 bridgehead atoms. The van der Waals surface area contributed by atoms with Crippen LogP contribution in [0.1, 0.15) is 62.6 Å². The third-order valence-corrected chi connectivity index (χ3v) is 22.6. The van der Waals surface area contributed by atoms with Gasteiger partial charge in [0.2, 0.25) is 5.82 Å². The van der Waals surface area contributed by atoms with E-state index in [1.165, 1.54) is 101 Å². The first-order valence-electron chi connectivity index (χ1n) is 41.1. The molecule has 0 N–H and O–H groups in total. The van der Waals surface area contributed by atoms with Gasteiger partial charge in [-0.05, 0) is 122 Å². The van der Waals surface area contributed by atoms with Crippen molar-refractivity contribution in [2.45, 2.75) is 32.3 Å². The summed E-state index contributed by atoms with van der Waals surface area (Å²) in [5, 5.41) is -2.51. The molecule has 17 rings (SSSR count). The number of hydrogen-bond acceptors (Lipinski definition) is 0. The first-order valence-corrected chi connectivity index (χ1v) is 44.6. The SMILES string of the molecule is C1=C[CH+]C(=C(c2ccccc2)c2ccccc2)C=C1.C1=C[CH+]C(=C(c2ccccc2)c2ccccc2)C=C1.C1=C[CH+]C(=C(c2ccccc2)c2ccccc2)C=C1.C1=C[CH+]C(=C(c2ccccc2)c2ccccc2)C=C1.CC#[N+]C.Cc1c(F)c(F)c(C)c(F)c1F.[CH3][Al-][c]1c(F)c(F)c(F)c(F)c1-c1c(F)c(F)c(F)c(F)c1F.[CH3][Al-][c]1c(F)c(F)c(F)c2c(F)c(F)c(F)c(F)c12. The van der Waals surface area contributed by atoms with Crippen LogP contribution in [-0.4, -0.2) is 37.5 Å². The third kappa shape index (κ3) is 24.7. The molecular formula is C111H78Al2F20N+3. The molecule has 0 aliphatic heterocycles. The molecule has 0 unspecified atom stereocenters. The van der Waals surface area contributed by atoms with E-state index < -0.39 is 189 Å². The van der Waals surface area contributed by atoms with Crippen LogP contribution >= 0.6 is 0 Å². The maximum absolute atomic E-state index is 13.9. The lowest BCUT2D eigenvalue weighted by Crippen LogP contribution is -2.25. The van der Waals surface area contributed by atoms with Gasteiger partial charge in [0.05, 0.1) is 40.2 Å². The topological polar surface area (TPSA) is 4.36 Å². The molecular weight excluding hydrogens is 1780 g/mol. The minimum absolute atomic E-state index is 0.629. The Balaban J connectivity index is 0.000000161. The molecule has 0 atom stereocenters. The number of fused-ring (bicyclic) bond motifs is 1. The first-order chi connectivity index (χ1) is 64.6. The molecule has 0 fully saturated rings. The quantitative estimate of drug-likeness (QED) is 0.0400. The Hall–Kier alpha value is -14.4. The second-order valence-electron chi connectivity index (χ2n) is 28.8. The van der Waals surface area contributed by atoms with E-state index in [0.717, 1.165) is 13.8 Å². The van der Waals surface area contributed by atoms with E-state index in [9.17, 15) is 87.8 Å². The van der Waals surface area contributed by atoms with E-state index in [2.05, 4.69) is 376 Å². The summed E-state index contributed by atoms with van der Waals surface area (Å²) in [5.41, 5.74) is 15.5. The fourth-order valence-electron chi connectivity index (χ4n) is 13.9. The van der Waals surface area contributed by atoms with Crippen molar-refractivity contribution in [2.75, 3.05) is 7.05 Å². The smallest absolute Gasteiger partial charge is 0.265 e. The van der Waals surface area contributed by atoms with Gasteiger partial charge in [-0.1, -0.05) is 150 Å². The van der Waals surface area contributed by atoms with Gasteiger partial charge in [0.25, 0.3) is 13.1 Å². The Kier molecular flexibility index (Phi) is 37.8. The molecule has 0 amide bonds. The largest absolute Gasteiger partial charge is 0.269 e. The first kappa shape index (κ1) is 102. The third-order valence-electron chi connectivity index (χ3n) is 20.4. The second kappa shape index (κ2) is 49.8. The standard InChI is InChI=1S/4C19H15.C12F9.C10F7.C8H6F4.C3H6N.2CH3.2Al/c4*1-4-10-16(11-5-1)19(17-12-6-2-7-13-17)18-14-8-3-9-15-18;13-3-1-2(5(14)9(18)6(3)15)4-7(16)10(19)12(21)11(20)8(4)17;11-3-1-2-4(7(14)6(3)13)8(15)10(17)9(16)5(2)12;1-3-5(9)7(11)4(2)8(12)6(3)10;1-3-4-2;;;;/h4*1-15H;;;1-2H3;1-2H3;2*1H3;;/q4*+1;;;;+1;;;2*-1. The van der Waals surface area contributed by atoms with Crippen molar-refractivity contribution in [1.82, 2.24) is 0 Å². The Morgan fingerprint density at radius 1 is 0.231 bits per heavy atom. The van der Waals surface area contributed by atoms with Crippen LogP contribution in [0.5, 0.6) is 0 Å². The van der Waals surface area contributed by atoms with Crippen LogP contribution in [0.25, 0.3) is 49.0 Å². The Morgan fingerprint density at radius 2 is 0.418 bits per heavy atom. The van der Waals surface area contributed by atoms with E-state index in [1.54, 1.807) is 14.0 Å². The second-order valence-corrected chi connectivity index (χ2v) is 31.1. The molecule has 1 nitrogen and oxygen atoms in total. The predicted molar refractivity (Wildman–Crippen MR) is 498 cm³/mol. The van der Waals surface area contributed by atoms with Crippen LogP contribution in [0.4, 0.5) is 87.8 Å². The van der Waals surface area contributed by atoms with Gasteiger partial charge in [-0.25, -0.2) is 118 Å². The van der Waals surface area contributed by atoms with Crippen molar-refractivity contribution in [3.8, 4) is 17.2 Å². The molecule has 4 aliphatic carbocycles. The molecule has 0 aromatic heterocycles. The number of halogens is 20. The minimum Gasteiger partial charge on any atom is -0.265 e. The highest BCUT2D eigenvalue weighted by atomic mass is 27.1. The molecule has 134 heavy (non-hydrogen) atoms. The summed E-state index contributed by atoms with van der Waals surface area (Å²) in [6.45, 7) is 3.73. The molecule has 670 valence electrons. The van der Waals surface area contributed by atoms with Gasteiger partial charge < -0.3 is 0 Å². The van der Waals surface area contributed by atoms with Crippen molar-refractivity contribution in [3.05, 3.63) is 565 Å². The molecule has 4 aliphatic rings. The summed E-state index contributed by atoms with van der Waals surface area (Å²) < 4.78 is 263. The van der Waals surface area contributed by atoms with Crippen LogP contribution in [-0.2, 0) is 0 Å². The Bertz CT molecular complexity index is 6010. The number of allylic oxidation sites excluding steroid dienone is 20. The van der Waals surface area contributed by atoms with Gasteiger partial charge in [0.1, 0.15) is 33.9 Å². The van der Waals surface area contributed by atoms with Gasteiger partial charge in [-0.15, -0.1) is 0 Å². The van der Waals surface area contributed by atoms with Crippen molar-refractivity contribution in [3.63, 3.8) is 0 Å². The number of nitrogens with zero attached hydrogens (tertiary/aromatic N) is 1. The summed E-state index contributed by atoms with van der Waals surface area (Å²) >= 11 is -2.53. The maximum Gasteiger partial charge on any atom is 0.269 e. The van der Waals surface area contributed by atoms with Crippen LogP contribution in [0.15, 0.2) is 362 Å². The van der Waals surface area contributed by atoms with Crippen molar-refractivity contribution < 1.29 is 87.8 Å². The van der Waals surface area contributed by atoms with Crippen LogP contribution in [0.2, 0.25) is 11.6 Å². The fourth-order valence-corrected chi connectivity index (χ4v) is 15.8. The summed E-state index contributed by atoms with van der Waals surface area (Å²) in [6, 6.07) is 86.9. The molecule has 13 aromatic carbocycles. The minimum atomic E-state index is -2.52. The number of benzene rings is 13. The summed E-state index contributed by atoms with van der Waals surface area (Å²) in [4.78, 5) is 3.49. The maximum atomic E-state index is 13.9. The van der Waals surface area contributed by atoms with Gasteiger partial charge in [-0.3, -0.25) is 20.4 Å². The predicted octanol–water partition coefficient (Wildman–Crippen LogP) is 30.3. The highest BCUT2D eigenvalue weighted by Crippen LogP contribution is 2.39. The zero-order valence-corrected chi connectivity index (χ0v) is 74.6. The summed E-state index contributed by atoms with van der Waals surface area (Å²) in [7, 11) is 1.69. The number of rotatable bonds is 11. The van der Waals surface area contributed by atoms with Crippen molar-refractivity contribution in [2.24, 2.45) is 0 Å². The lowest BCUT2D eigenvalue weighted by atomic mass is 9.90. The Morgan fingerprint density at radius 3 is 0.627 bits per heavy atom. The Labute approximate surface area is 776 Å². The lowest BCUT2D eigenvalue weighted by Gasteiger charge is -2.22. The highest BCUT2D eigenvalue weighted by Gasteiger charge is 2.33. The van der Waals surface area contributed by atoms with E-state index in [0.29, 0.717) is 0 Å². The molecule has 0 saturated heterocycles. The average molecular weight is 1860 g/mol. The van der Waals surface area contributed by atoms with Gasteiger partial charge in [0, 0.05) is 179 Å². The molecule has 0 spiro atoms. The van der Waals surface area contributed by atoms with Crippen LogP contribution in [0, 0.1) is 162 Å². The highest BCUT2D eigenvalue weighted by molar-refractivity contribution is 6.56. The van der Waals surface area contributed by atoms with Gasteiger partial charge in [0.15, 0.2) is 98.9 Å². The fraction of sp³-hybridized carbons (Fsp3) is 0.0541. The number of hydrogen-bond donors (Lipinski definition) is 0.